The van der Waals surface area contributed by atoms with E-state index in [0.717, 1.165) is 17.2 Å². The Morgan fingerprint density at radius 3 is 2.35 bits per heavy atom. The molecule has 108 valence electrons. The van der Waals surface area contributed by atoms with Crippen molar-refractivity contribution in [1.82, 2.24) is 0 Å². The van der Waals surface area contributed by atoms with Gasteiger partial charge in [-0.05, 0) is 61.3 Å². The molecule has 2 rings (SSSR count). The molecule has 0 saturated heterocycles. The van der Waals surface area contributed by atoms with Crippen LogP contribution in [0.1, 0.15) is 58.4 Å². The Balaban J connectivity index is 1.92. The van der Waals surface area contributed by atoms with Gasteiger partial charge >= 0.3 is 0 Å². The standard InChI is InChI=1S/C18H26N2/c1-18(2,3)15-5-4-6-16(12-9-15)20-17-10-7-14(13-19)8-11-17/h7-8,10-11,15-16,20H,4-6,9,12H2,1-3H3. The average molecular weight is 270 g/mol. The third-order valence-corrected chi connectivity index (χ3v) is 4.58. The summed E-state index contributed by atoms with van der Waals surface area (Å²) in [5, 5.41) is 12.5. The highest BCUT2D eigenvalue weighted by Gasteiger charge is 2.27. The molecule has 1 aliphatic rings. The van der Waals surface area contributed by atoms with Crippen molar-refractivity contribution >= 4 is 5.69 Å². The monoisotopic (exact) mass is 270 g/mol. The van der Waals surface area contributed by atoms with Crippen LogP contribution in [0.15, 0.2) is 24.3 Å². The van der Waals surface area contributed by atoms with Crippen LogP contribution in [0.2, 0.25) is 0 Å². The molecule has 1 aromatic rings. The average Bonchev–Trinajstić information content (AvgIpc) is 2.65. The van der Waals surface area contributed by atoms with Gasteiger partial charge in [0.2, 0.25) is 0 Å². The third kappa shape index (κ3) is 4.00. The Labute approximate surface area is 123 Å². The van der Waals surface area contributed by atoms with Gasteiger partial charge in [0, 0.05) is 11.7 Å². The van der Waals surface area contributed by atoms with Gasteiger partial charge in [0.05, 0.1) is 11.6 Å². The molecule has 2 nitrogen and oxygen atoms in total. The van der Waals surface area contributed by atoms with Crippen molar-refractivity contribution in [3.63, 3.8) is 0 Å². The van der Waals surface area contributed by atoms with E-state index in [-0.39, 0.29) is 0 Å². The van der Waals surface area contributed by atoms with Gasteiger partial charge < -0.3 is 5.32 Å². The summed E-state index contributed by atoms with van der Waals surface area (Å²) in [5.41, 5.74) is 2.30. The molecule has 1 N–H and O–H groups in total. The first kappa shape index (κ1) is 14.9. The summed E-state index contributed by atoms with van der Waals surface area (Å²) in [6.45, 7) is 7.10. The molecule has 2 unspecified atom stereocenters. The second-order valence-corrected chi connectivity index (χ2v) is 7.10. The van der Waals surface area contributed by atoms with Crippen LogP contribution in [0.25, 0.3) is 0 Å². The molecule has 1 aromatic carbocycles. The van der Waals surface area contributed by atoms with E-state index in [9.17, 15) is 0 Å². The van der Waals surface area contributed by atoms with Crippen LogP contribution in [-0.2, 0) is 0 Å². The van der Waals surface area contributed by atoms with Crippen LogP contribution in [-0.4, -0.2) is 6.04 Å². The maximum atomic E-state index is 8.82. The predicted molar refractivity (Wildman–Crippen MR) is 84.6 cm³/mol. The number of benzene rings is 1. The van der Waals surface area contributed by atoms with Gasteiger partial charge in [-0.2, -0.15) is 5.26 Å². The fraction of sp³-hybridized carbons (Fsp3) is 0.611. The first-order chi connectivity index (χ1) is 9.49. The normalized spacial score (nSPS) is 23.7. The Morgan fingerprint density at radius 2 is 1.75 bits per heavy atom. The van der Waals surface area contributed by atoms with Crippen molar-refractivity contribution in [2.75, 3.05) is 5.32 Å². The van der Waals surface area contributed by atoms with E-state index in [1.807, 2.05) is 24.3 Å². The Morgan fingerprint density at radius 1 is 1.05 bits per heavy atom. The lowest BCUT2D eigenvalue weighted by Crippen LogP contribution is -2.21. The number of nitrogens with zero attached hydrogens (tertiary/aromatic N) is 1. The molecule has 0 aliphatic heterocycles. The molecule has 1 saturated carbocycles. The van der Waals surface area contributed by atoms with Crippen LogP contribution < -0.4 is 5.32 Å². The Hall–Kier alpha value is -1.49. The molecule has 0 aromatic heterocycles. The first-order valence-corrected chi connectivity index (χ1v) is 7.76. The molecule has 1 fully saturated rings. The van der Waals surface area contributed by atoms with E-state index in [4.69, 9.17) is 5.26 Å². The number of hydrogen-bond donors (Lipinski definition) is 1. The van der Waals surface area contributed by atoms with Crippen LogP contribution in [0.5, 0.6) is 0 Å². The van der Waals surface area contributed by atoms with Gasteiger partial charge in [0.25, 0.3) is 0 Å². The summed E-state index contributed by atoms with van der Waals surface area (Å²) in [5.74, 6) is 0.843. The van der Waals surface area contributed by atoms with Crippen molar-refractivity contribution in [3.05, 3.63) is 29.8 Å². The molecule has 20 heavy (non-hydrogen) atoms. The maximum Gasteiger partial charge on any atom is 0.0991 e. The summed E-state index contributed by atoms with van der Waals surface area (Å²) in [6, 6.07) is 10.6. The van der Waals surface area contributed by atoms with Crippen LogP contribution in [0, 0.1) is 22.7 Å². The quantitative estimate of drug-likeness (QED) is 0.770. The van der Waals surface area contributed by atoms with E-state index < -0.39 is 0 Å². The van der Waals surface area contributed by atoms with Crippen molar-refractivity contribution in [2.24, 2.45) is 11.3 Å². The smallest absolute Gasteiger partial charge is 0.0991 e. The molecule has 0 spiro atoms. The molecular formula is C18H26N2. The fourth-order valence-electron chi connectivity index (χ4n) is 3.19. The molecule has 0 heterocycles. The minimum absolute atomic E-state index is 0.434. The Kier molecular flexibility index (Phi) is 4.70. The number of rotatable bonds is 2. The van der Waals surface area contributed by atoms with Gasteiger partial charge in [0.1, 0.15) is 0 Å². The third-order valence-electron chi connectivity index (χ3n) is 4.58. The van der Waals surface area contributed by atoms with E-state index in [0.29, 0.717) is 11.5 Å². The number of anilines is 1. The highest BCUT2D eigenvalue weighted by molar-refractivity contribution is 5.47. The minimum Gasteiger partial charge on any atom is -0.382 e. The molecule has 0 amide bonds. The zero-order chi connectivity index (χ0) is 14.6. The minimum atomic E-state index is 0.434. The van der Waals surface area contributed by atoms with E-state index in [1.165, 1.54) is 32.1 Å². The topological polar surface area (TPSA) is 35.8 Å². The van der Waals surface area contributed by atoms with Gasteiger partial charge in [-0.1, -0.05) is 27.2 Å². The van der Waals surface area contributed by atoms with Gasteiger partial charge in [-0.15, -0.1) is 0 Å². The van der Waals surface area contributed by atoms with Gasteiger partial charge in [-0.25, -0.2) is 0 Å². The number of nitriles is 1. The maximum absolute atomic E-state index is 8.82. The van der Waals surface area contributed by atoms with E-state index in [2.05, 4.69) is 32.2 Å². The highest BCUT2D eigenvalue weighted by atomic mass is 14.9. The fourth-order valence-corrected chi connectivity index (χ4v) is 3.19. The van der Waals surface area contributed by atoms with Crippen molar-refractivity contribution < 1.29 is 0 Å². The summed E-state index contributed by atoms with van der Waals surface area (Å²) in [6.07, 6.45) is 6.50. The SMILES string of the molecule is CC(C)(C)C1CCCC(Nc2ccc(C#N)cc2)CC1. The van der Waals surface area contributed by atoms with E-state index in [1.54, 1.807) is 0 Å². The zero-order valence-electron chi connectivity index (χ0n) is 12.9. The number of nitrogens with one attached hydrogen (secondary N) is 1. The number of hydrogen-bond acceptors (Lipinski definition) is 2. The second kappa shape index (κ2) is 6.31. The predicted octanol–water partition coefficient (Wildman–Crippen LogP) is 4.97. The molecule has 0 radical (unpaired) electrons. The molecular weight excluding hydrogens is 244 g/mol. The zero-order valence-corrected chi connectivity index (χ0v) is 12.9. The largest absolute Gasteiger partial charge is 0.382 e. The van der Waals surface area contributed by atoms with Crippen molar-refractivity contribution in [1.29, 1.82) is 5.26 Å². The van der Waals surface area contributed by atoms with Crippen molar-refractivity contribution in [3.8, 4) is 6.07 Å². The summed E-state index contributed by atoms with van der Waals surface area (Å²) >= 11 is 0. The lowest BCUT2D eigenvalue weighted by atomic mass is 9.76. The van der Waals surface area contributed by atoms with Crippen LogP contribution in [0.3, 0.4) is 0 Å². The van der Waals surface area contributed by atoms with Crippen LogP contribution >= 0.6 is 0 Å². The molecule has 1 aliphatic carbocycles. The highest BCUT2D eigenvalue weighted by Crippen LogP contribution is 2.37. The summed E-state index contributed by atoms with van der Waals surface area (Å²) in [7, 11) is 0. The lowest BCUT2D eigenvalue weighted by Gasteiger charge is -2.29. The summed E-state index contributed by atoms with van der Waals surface area (Å²) in [4.78, 5) is 0. The summed E-state index contributed by atoms with van der Waals surface area (Å²) < 4.78 is 0. The lowest BCUT2D eigenvalue weighted by molar-refractivity contribution is 0.214. The van der Waals surface area contributed by atoms with Crippen LogP contribution in [0.4, 0.5) is 5.69 Å². The van der Waals surface area contributed by atoms with Gasteiger partial charge in [0.15, 0.2) is 0 Å². The molecule has 0 bridgehead atoms. The molecule has 2 atom stereocenters. The Bertz CT molecular complexity index is 462. The second-order valence-electron chi connectivity index (χ2n) is 7.10. The molecule has 2 heteroatoms. The van der Waals surface area contributed by atoms with Crippen molar-refractivity contribution in [2.45, 2.75) is 58.9 Å². The van der Waals surface area contributed by atoms with Gasteiger partial charge in [-0.3, -0.25) is 0 Å². The van der Waals surface area contributed by atoms with E-state index >= 15 is 0 Å². The first-order valence-electron chi connectivity index (χ1n) is 7.76.